The molecular weight excluding hydrogens is 418 g/mol. The lowest BCUT2D eigenvalue weighted by Crippen LogP contribution is -2.48. The van der Waals surface area contributed by atoms with E-state index in [1.807, 2.05) is 23.6 Å². The lowest BCUT2D eigenvalue weighted by Gasteiger charge is -2.32. The van der Waals surface area contributed by atoms with Crippen LogP contribution in [0.25, 0.3) is 11.3 Å². The number of anilines is 1. The molecule has 1 atom stereocenters. The number of nitrogens with one attached hydrogen (secondary N) is 1. The van der Waals surface area contributed by atoms with Crippen molar-refractivity contribution >= 4 is 28.8 Å². The quantitative estimate of drug-likeness (QED) is 0.578. The van der Waals surface area contributed by atoms with Crippen LogP contribution in [-0.2, 0) is 27.3 Å². The van der Waals surface area contributed by atoms with Crippen LogP contribution < -0.4 is 15.0 Å². The first-order valence-corrected chi connectivity index (χ1v) is 10.8. The van der Waals surface area contributed by atoms with Crippen LogP contribution >= 0.6 is 11.3 Å². The van der Waals surface area contributed by atoms with Gasteiger partial charge in [-0.2, -0.15) is 0 Å². The molecule has 3 heterocycles. The van der Waals surface area contributed by atoms with Gasteiger partial charge in [-0.15, -0.1) is 11.3 Å². The Labute approximate surface area is 183 Å². The highest BCUT2D eigenvalue weighted by molar-refractivity contribution is 7.09. The molecule has 0 saturated carbocycles. The Morgan fingerprint density at radius 3 is 3.00 bits per heavy atom. The minimum absolute atomic E-state index is 0.111. The van der Waals surface area contributed by atoms with Crippen LogP contribution in [0.4, 0.5) is 5.69 Å². The molecule has 3 aromatic rings. The summed E-state index contributed by atoms with van der Waals surface area (Å²) in [5, 5.41) is 5.73. The first-order valence-electron chi connectivity index (χ1n) is 9.90. The standard InChI is InChI=1S/C22H23N3O5S/c1-14-22(27)25(12-20(26)23-11-16-4-3-8-29-16)18-10-15(5-6-19(18)30-14)17-13-31-21(24-17)7-9-28-2/h3-6,8,10,13-14H,7,9,11-12H2,1-2H3,(H,23,26). The highest BCUT2D eigenvalue weighted by Gasteiger charge is 2.33. The number of hydrogen-bond donors (Lipinski definition) is 1. The van der Waals surface area contributed by atoms with E-state index in [-0.39, 0.29) is 24.9 Å². The fourth-order valence-electron chi connectivity index (χ4n) is 3.28. The number of nitrogens with zero attached hydrogens (tertiary/aromatic N) is 2. The zero-order valence-electron chi connectivity index (χ0n) is 17.3. The number of ether oxygens (including phenoxy) is 2. The van der Waals surface area contributed by atoms with E-state index < -0.39 is 6.10 Å². The van der Waals surface area contributed by atoms with Crippen molar-refractivity contribution in [1.82, 2.24) is 10.3 Å². The van der Waals surface area contributed by atoms with Gasteiger partial charge in [-0.05, 0) is 37.3 Å². The lowest BCUT2D eigenvalue weighted by molar-refractivity contribution is -0.128. The van der Waals surface area contributed by atoms with Gasteiger partial charge < -0.3 is 19.2 Å². The summed E-state index contributed by atoms with van der Waals surface area (Å²) >= 11 is 1.56. The first kappa shape index (κ1) is 21.1. The Hall–Kier alpha value is -3.17. The SMILES string of the molecule is COCCc1nc(-c2ccc3c(c2)N(CC(=O)NCc2ccco2)C(=O)C(C)O3)cs1. The van der Waals surface area contributed by atoms with Crippen molar-refractivity contribution in [2.24, 2.45) is 0 Å². The molecule has 4 rings (SSSR count). The molecule has 31 heavy (non-hydrogen) atoms. The Morgan fingerprint density at radius 2 is 2.23 bits per heavy atom. The Balaban J connectivity index is 1.54. The third-order valence-corrected chi connectivity index (χ3v) is 5.79. The summed E-state index contributed by atoms with van der Waals surface area (Å²) in [4.78, 5) is 31.4. The Kier molecular flexibility index (Phi) is 6.34. The number of benzene rings is 1. The summed E-state index contributed by atoms with van der Waals surface area (Å²) in [7, 11) is 1.66. The Morgan fingerprint density at radius 1 is 1.35 bits per heavy atom. The second-order valence-electron chi connectivity index (χ2n) is 7.09. The molecule has 9 heteroatoms. The van der Waals surface area contributed by atoms with E-state index in [4.69, 9.17) is 13.9 Å². The van der Waals surface area contributed by atoms with E-state index in [0.29, 0.717) is 23.8 Å². The largest absolute Gasteiger partial charge is 0.479 e. The number of furan rings is 1. The maximum Gasteiger partial charge on any atom is 0.268 e. The van der Waals surface area contributed by atoms with Crippen molar-refractivity contribution in [1.29, 1.82) is 0 Å². The Bertz CT molecular complexity index is 1060. The van der Waals surface area contributed by atoms with Gasteiger partial charge in [0.2, 0.25) is 5.91 Å². The summed E-state index contributed by atoms with van der Waals surface area (Å²) in [5.74, 6) is 0.651. The van der Waals surface area contributed by atoms with Crippen LogP contribution in [0.5, 0.6) is 5.75 Å². The fourth-order valence-corrected chi connectivity index (χ4v) is 4.06. The predicted octanol–water partition coefficient (Wildman–Crippen LogP) is 3.02. The van der Waals surface area contributed by atoms with Crippen LogP contribution in [0, 0.1) is 0 Å². The predicted molar refractivity (Wildman–Crippen MR) is 116 cm³/mol. The van der Waals surface area contributed by atoms with Crippen molar-refractivity contribution in [2.45, 2.75) is 26.0 Å². The second kappa shape index (κ2) is 9.32. The summed E-state index contributed by atoms with van der Waals surface area (Å²) in [5.41, 5.74) is 2.22. The average molecular weight is 442 g/mol. The minimum Gasteiger partial charge on any atom is -0.479 e. The maximum absolute atomic E-state index is 12.8. The molecule has 1 aliphatic heterocycles. The first-order chi connectivity index (χ1) is 15.0. The number of aromatic nitrogens is 1. The van der Waals surface area contributed by atoms with Gasteiger partial charge in [0.25, 0.3) is 5.91 Å². The molecule has 0 bridgehead atoms. The van der Waals surface area contributed by atoms with Gasteiger partial charge in [0.1, 0.15) is 18.1 Å². The third kappa shape index (κ3) is 4.78. The molecule has 8 nitrogen and oxygen atoms in total. The van der Waals surface area contributed by atoms with Crippen molar-refractivity contribution in [3.05, 3.63) is 52.7 Å². The molecule has 1 aliphatic rings. The molecule has 1 unspecified atom stereocenters. The number of rotatable bonds is 8. The summed E-state index contributed by atoms with van der Waals surface area (Å²) in [6, 6.07) is 9.10. The van der Waals surface area contributed by atoms with Gasteiger partial charge in [0.05, 0.1) is 35.8 Å². The smallest absolute Gasteiger partial charge is 0.268 e. The topological polar surface area (TPSA) is 93.9 Å². The fraction of sp³-hybridized carbons (Fsp3) is 0.318. The molecule has 0 saturated heterocycles. The number of hydrogen-bond acceptors (Lipinski definition) is 7. The van der Waals surface area contributed by atoms with E-state index >= 15 is 0 Å². The van der Waals surface area contributed by atoms with E-state index in [9.17, 15) is 9.59 Å². The third-order valence-electron chi connectivity index (χ3n) is 4.88. The molecule has 2 aromatic heterocycles. The molecule has 2 amide bonds. The van der Waals surface area contributed by atoms with Crippen LogP contribution in [0.2, 0.25) is 0 Å². The summed E-state index contributed by atoms with van der Waals surface area (Å²) < 4.78 is 16.1. The molecule has 0 radical (unpaired) electrons. The van der Waals surface area contributed by atoms with Crippen molar-refractivity contribution in [3.8, 4) is 17.0 Å². The molecule has 1 N–H and O–H groups in total. The van der Waals surface area contributed by atoms with E-state index in [1.54, 1.807) is 43.8 Å². The number of methoxy groups -OCH3 is 1. The number of fused-ring (bicyclic) bond motifs is 1. The van der Waals surface area contributed by atoms with Gasteiger partial charge in [0.15, 0.2) is 6.10 Å². The van der Waals surface area contributed by atoms with Crippen LogP contribution in [0.3, 0.4) is 0 Å². The van der Waals surface area contributed by atoms with E-state index in [0.717, 1.165) is 22.7 Å². The molecule has 0 aliphatic carbocycles. The normalized spacial score (nSPS) is 15.5. The monoisotopic (exact) mass is 441 g/mol. The van der Waals surface area contributed by atoms with Crippen molar-refractivity contribution in [2.75, 3.05) is 25.2 Å². The van der Waals surface area contributed by atoms with Gasteiger partial charge in [-0.25, -0.2) is 4.98 Å². The summed E-state index contributed by atoms with van der Waals surface area (Å²) in [6.45, 7) is 2.43. The average Bonchev–Trinajstić information content (AvgIpc) is 3.46. The number of amides is 2. The van der Waals surface area contributed by atoms with Gasteiger partial charge >= 0.3 is 0 Å². The van der Waals surface area contributed by atoms with Crippen LogP contribution in [0.1, 0.15) is 17.7 Å². The maximum atomic E-state index is 12.8. The zero-order valence-corrected chi connectivity index (χ0v) is 18.1. The zero-order chi connectivity index (χ0) is 21.8. The van der Waals surface area contributed by atoms with Crippen molar-refractivity contribution in [3.63, 3.8) is 0 Å². The van der Waals surface area contributed by atoms with E-state index in [2.05, 4.69) is 10.3 Å². The van der Waals surface area contributed by atoms with Gasteiger partial charge in [-0.1, -0.05) is 0 Å². The molecule has 162 valence electrons. The summed E-state index contributed by atoms with van der Waals surface area (Å²) in [6.07, 6.45) is 1.62. The molecule has 0 fully saturated rings. The number of thiazole rings is 1. The van der Waals surface area contributed by atoms with E-state index in [1.165, 1.54) is 4.90 Å². The second-order valence-corrected chi connectivity index (χ2v) is 8.03. The number of carbonyl (C=O) groups is 2. The molecule has 0 spiro atoms. The minimum atomic E-state index is -0.670. The van der Waals surface area contributed by atoms with Crippen LogP contribution in [-0.4, -0.2) is 43.2 Å². The van der Waals surface area contributed by atoms with Crippen LogP contribution in [0.15, 0.2) is 46.4 Å². The molecular formula is C22H23N3O5S. The highest BCUT2D eigenvalue weighted by atomic mass is 32.1. The number of carbonyl (C=O) groups excluding carboxylic acids is 2. The lowest BCUT2D eigenvalue weighted by atomic mass is 10.1. The van der Waals surface area contributed by atoms with Crippen molar-refractivity contribution < 1.29 is 23.5 Å². The highest BCUT2D eigenvalue weighted by Crippen LogP contribution is 2.37. The van der Waals surface area contributed by atoms with Gasteiger partial charge in [0, 0.05) is 24.5 Å². The molecule has 1 aromatic carbocycles. The van der Waals surface area contributed by atoms with Gasteiger partial charge in [-0.3, -0.25) is 14.5 Å².